The number of hydrogen-bond donors (Lipinski definition) is 1. The first-order valence-corrected chi connectivity index (χ1v) is 9.60. The fourth-order valence-electron chi connectivity index (χ4n) is 2.67. The second kappa shape index (κ2) is 8.37. The number of hydrogen-bond acceptors (Lipinski definition) is 6. The summed E-state index contributed by atoms with van der Waals surface area (Å²) in [5.41, 5.74) is -2.12. The maximum absolute atomic E-state index is 13.8. The van der Waals surface area contributed by atoms with Gasteiger partial charge in [0.1, 0.15) is 5.15 Å². The summed E-state index contributed by atoms with van der Waals surface area (Å²) in [5, 5.41) is 13.5. The van der Waals surface area contributed by atoms with Crippen LogP contribution in [0.15, 0.2) is 43.0 Å². The van der Waals surface area contributed by atoms with Crippen molar-refractivity contribution in [3.63, 3.8) is 0 Å². The highest BCUT2D eigenvalue weighted by Gasteiger charge is 2.41. The quantitative estimate of drug-likeness (QED) is 0.412. The summed E-state index contributed by atoms with van der Waals surface area (Å²) in [5.74, 6) is -1.32. The van der Waals surface area contributed by atoms with Gasteiger partial charge in [-0.15, -0.1) is 4.80 Å². The van der Waals surface area contributed by atoms with Gasteiger partial charge < -0.3 is 5.32 Å². The van der Waals surface area contributed by atoms with Crippen LogP contribution in [0.1, 0.15) is 16.1 Å². The van der Waals surface area contributed by atoms with Crippen LogP contribution in [0.25, 0.3) is 11.6 Å². The number of carbonyl (C=O) groups excluding carboxylic acids is 1. The lowest BCUT2D eigenvalue weighted by atomic mass is 10.2. The minimum atomic E-state index is -4.97. The molecule has 32 heavy (non-hydrogen) atoms. The fourth-order valence-corrected chi connectivity index (χ4v) is 3.24. The van der Waals surface area contributed by atoms with Gasteiger partial charge in [-0.3, -0.25) is 4.79 Å². The zero-order chi connectivity index (χ0) is 23.0. The highest BCUT2D eigenvalue weighted by atomic mass is 35.5. The van der Waals surface area contributed by atoms with Gasteiger partial charge in [0.2, 0.25) is 0 Å². The van der Waals surface area contributed by atoms with Crippen LogP contribution >= 0.6 is 34.8 Å². The molecule has 0 aliphatic carbocycles. The van der Waals surface area contributed by atoms with Crippen molar-refractivity contribution in [2.75, 3.05) is 5.32 Å². The molecule has 4 rings (SSSR count). The van der Waals surface area contributed by atoms with Crippen molar-refractivity contribution >= 4 is 46.4 Å². The van der Waals surface area contributed by atoms with Crippen molar-refractivity contribution in [2.24, 2.45) is 0 Å². The van der Waals surface area contributed by atoms with Gasteiger partial charge in [-0.2, -0.15) is 28.5 Å². The number of pyridine rings is 2. The third kappa shape index (κ3) is 4.24. The largest absolute Gasteiger partial charge is 0.434 e. The number of aromatic nitrogens is 7. The van der Waals surface area contributed by atoms with Crippen LogP contribution in [0.5, 0.6) is 0 Å². The molecule has 0 fully saturated rings. The predicted octanol–water partition coefficient (Wildman–Crippen LogP) is 4.47. The number of nitrogens with one attached hydrogen (secondary N) is 1. The zero-order valence-electron chi connectivity index (χ0n) is 15.3. The molecule has 1 amide bonds. The van der Waals surface area contributed by atoms with Crippen molar-refractivity contribution in [1.82, 2.24) is 34.7 Å². The van der Waals surface area contributed by atoms with Gasteiger partial charge in [-0.25, -0.2) is 14.6 Å². The van der Waals surface area contributed by atoms with Crippen molar-refractivity contribution in [3.05, 3.63) is 69.4 Å². The van der Waals surface area contributed by atoms with Gasteiger partial charge in [0.25, 0.3) is 5.91 Å². The molecule has 0 radical (unpaired) electrons. The van der Waals surface area contributed by atoms with Gasteiger partial charge in [0, 0.05) is 0 Å². The molecule has 0 saturated carbocycles. The van der Waals surface area contributed by atoms with Gasteiger partial charge in [-0.05, 0) is 18.2 Å². The molecule has 9 nitrogen and oxygen atoms in total. The standard InChI is InChI=1S/C17H8Cl3F3N8O/c18-10-1-2-12(20)29-15(10)30-13(17(21,22)23)9(7-27-30)16(32)28-8-5-11(19)14(24-6-8)31-25-3-4-26-31/h1-7H,(H,28,32). The molecule has 0 bridgehead atoms. The molecule has 0 saturated heterocycles. The van der Waals surface area contributed by atoms with E-state index in [0.717, 1.165) is 11.0 Å². The van der Waals surface area contributed by atoms with Gasteiger partial charge in [0.05, 0.1) is 46.1 Å². The van der Waals surface area contributed by atoms with Crippen LogP contribution in [0.3, 0.4) is 0 Å². The summed E-state index contributed by atoms with van der Waals surface area (Å²) in [6.07, 6.45) is -0.220. The first kappa shape index (κ1) is 22.0. The Morgan fingerprint density at radius 3 is 2.34 bits per heavy atom. The Hall–Kier alpha value is -3.22. The highest BCUT2D eigenvalue weighted by Crippen LogP contribution is 2.35. The van der Waals surface area contributed by atoms with Gasteiger partial charge >= 0.3 is 6.18 Å². The number of rotatable bonds is 4. The SMILES string of the molecule is O=C(Nc1cnc(-n2nccn2)c(Cl)c1)c1cnn(-c2nc(Cl)ccc2Cl)c1C(F)(F)F. The van der Waals surface area contributed by atoms with Crippen molar-refractivity contribution in [3.8, 4) is 11.6 Å². The molecule has 1 N–H and O–H groups in total. The van der Waals surface area contributed by atoms with Crippen molar-refractivity contribution in [2.45, 2.75) is 6.18 Å². The molecule has 0 aromatic carbocycles. The topological polar surface area (TPSA) is 103 Å². The number of amides is 1. The average molecular weight is 504 g/mol. The van der Waals surface area contributed by atoms with E-state index in [1.807, 2.05) is 0 Å². The maximum Gasteiger partial charge on any atom is 0.434 e. The van der Waals surface area contributed by atoms with E-state index >= 15 is 0 Å². The summed E-state index contributed by atoms with van der Waals surface area (Å²) in [4.78, 5) is 21.6. The third-order valence-corrected chi connectivity index (χ3v) is 4.75. The molecule has 4 aromatic heterocycles. The number of carbonyl (C=O) groups is 1. The minimum Gasteiger partial charge on any atom is -0.320 e. The van der Waals surface area contributed by atoms with Crippen LogP contribution in [-0.4, -0.2) is 40.6 Å². The Kier molecular flexibility index (Phi) is 5.75. The lowest BCUT2D eigenvalue weighted by molar-refractivity contribution is -0.143. The van der Waals surface area contributed by atoms with Crippen LogP contribution in [-0.2, 0) is 6.18 Å². The average Bonchev–Trinajstić information content (AvgIpc) is 3.39. The maximum atomic E-state index is 13.8. The van der Waals surface area contributed by atoms with Crippen molar-refractivity contribution < 1.29 is 18.0 Å². The lowest BCUT2D eigenvalue weighted by Gasteiger charge is -2.13. The van der Waals surface area contributed by atoms with Crippen LogP contribution < -0.4 is 5.32 Å². The zero-order valence-corrected chi connectivity index (χ0v) is 17.6. The summed E-state index contributed by atoms with van der Waals surface area (Å²) in [6.45, 7) is 0. The molecule has 0 aliphatic heterocycles. The molecule has 4 heterocycles. The van der Waals surface area contributed by atoms with E-state index in [1.165, 1.54) is 36.8 Å². The molecule has 0 unspecified atom stereocenters. The Morgan fingerprint density at radius 2 is 1.69 bits per heavy atom. The number of halogens is 6. The molecule has 0 spiro atoms. The molecule has 0 atom stereocenters. The van der Waals surface area contributed by atoms with E-state index < -0.39 is 23.3 Å². The molecule has 0 aliphatic rings. The first-order chi connectivity index (χ1) is 15.1. The lowest BCUT2D eigenvalue weighted by Crippen LogP contribution is -2.21. The molecule has 164 valence electrons. The second-order valence-electron chi connectivity index (χ2n) is 6.06. The van der Waals surface area contributed by atoms with E-state index in [0.29, 0.717) is 4.68 Å². The van der Waals surface area contributed by atoms with E-state index in [-0.39, 0.29) is 32.5 Å². The minimum absolute atomic E-state index is 0.0377. The Labute approximate surface area is 191 Å². The monoisotopic (exact) mass is 502 g/mol. The summed E-state index contributed by atoms with van der Waals surface area (Å²) < 4.78 is 41.9. The Morgan fingerprint density at radius 1 is 0.969 bits per heavy atom. The predicted molar refractivity (Wildman–Crippen MR) is 108 cm³/mol. The van der Waals surface area contributed by atoms with Crippen LogP contribution in [0.4, 0.5) is 18.9 Å². The third-order valence-electron chi connectivity index (χ3n) is 3.96. The Balaban J connectivity index is 1.70. The molecule has 4 aromatic rings. The van der Waals surface area contributed by atoms with Gasteiger partial charge in [-0.1, -0.05) is 34.8 Å². The Bertz CT molecular complexity index is 1310. The van der Waals surface area contributed by atoms with E-state index in [9.17, 15) is 18.0 Å². The molecule has 15 heteroatoms. The van der Waals surface area contributed by atoms with Crippen LogP contribution in [0, 0.1) is 0 Å². The highest BCUT2D eigenvalue weighted by molar-refractivity contribution is 6.33. The number of nitrogens with zero attached hydrogens (tertiary/aromatic N) is 7. The van der Waals surface area contributed by atoms with E-state index in [1.54, 1.807) is 0 Å². The second-order valence-corrected chi connectivity index (χ2v) is 7.26. The summed E-state index contributed by atoms with van der Waals surface area (Å²) in [7, 11) is 0. The summed E-state index contributed by atoms with van der Waals surface area (Å²) >= 11 is 17.9. The first-order valence-electron chi connectivity index (χ1n) is 8.46. The van der Waals surface area contributed by atoms with E-state index in [4.69, 9.17) is 34.8 Å². The van der Waals surface area contributed by atoms with Crippen molar-refractivity contribution in [1.29, 1.82) is 0 Å². The molecular weight excluding hydrogens is 496 g/mol. The summed E-state index contributed by atoms with van der Waals surface area (Å²) in [6, 6.07) is 3.85. The fraction of sp³-hybridized carbons (Fsp3) is 0.0588. The number of anilines is 1. The molecular formula is C17H8Cl3F3N8O. The van der Waals surface area contributed by atoms with Crippen LogP contribution in [0.2, 0.25) is 15.2 Å². The normalized spacial score (nSPS) is 11.6. The van der Waals surface area contributed by atoms with Gasteiger partial charge in [0.15, 0.2) is 17.3 Å². The number of alkyl halides is 3. The van der Waals surface area contributed by atoms with E-state index in [2.05, 4.69) is 30.6 Å². The smallest absolute Gasteiger partial charge is 0.320 e.